The van der Waals surface area contributed by atoms with Crippen molar-refractivity contribution in [2.45, 2.75) is 70.6 Å². The predicted molar refractivity (Wildman–Crippen MR) is 74.2 cm³/mol. The maximum absolute atomic E-state index is 12.4. The van der Waals surface area contributed by atoms with E-state index in [2.05, 4.69) is 0 Å². The smallest absolute Gasteiger partial charge is 0.411 e. The Labute approximate surface area is 120 Å². The van der Waals surface area contributed by atoms with Gasteiger partial charge >= 0.3 is 12.1 Å². The van der Waals surface area contributed by atoms with Crippen LogP contribution in [0.15, 0.2) is 0 Å². The van der Waals surface area contributed by atoms with Crippen molar-refractivity contribution >= 4 is 12.1 Å². The van der Waals surface area contributed by atoms with Gasteiger partial charge in [-0.3, -0.25) is 4.90 Å². The molecular weight excluding hydrogens is 258 g/mol. The standard InChI is InChI=1S/C15H25NO4/c1-15(2,3)20-14(18)16-11-8-6-5-7-10(11)9-12(16)13(17)19-4/h10-12H,5-9H2,1-4H3/t10-,11-,12-/m0/s1. The molecule has 0 aromatic heterocycles. The van der Waals surface area contributed by atoms with Gasteiger partial charge in [0, 0.05) is 6.04 Å². The third-order valence-corrected chi connectivity index (χ3v) is 4.17. The van der Waals surface area contributed by atoms with Crippen LogP contribution in [0.4, 0.5) is 4.79 Å². The van der Waals surface area contributed by atoms with Crippen LogP contribution in [0.25, 0.3) is 0 Å². The molecule has 1 aliphatic heterocycles. The van der Waals surface area contributed by atoms with Gasteiger partial charge in [0.2, 0.25) is 0 Å². The maximum atomic E-state index is 12.4. The lowest BCUT2D eigenvalue weighted by atomic mass is 9.85. The van der Waals surface area contributed by atoms with Crippen LogP contribution in [-0.2, 0) is 14.3 Å². The van der Waals surface area contributed by atoms with Gasteiger partial charge in [-0.1, -0.05) is 12.8 Å². The Morgan fingerprint density at radius 3 is 2.40 bits per heavy atom. The fraction of sp³-hybridized carbons (Fsp3) is 0.867. The zero-order chi connectivity index (χ0) is 14.9. The van der Waals surface area contributed by atoms with Gasteiger partial charge in [-0.15, -0.1) is 0 Å². The molecule has 1 amide bonds. The highest BCUT2D eigenvalue weighted by Gasteiger charge is 2.49. The van der Waals surface area contributed by atoms with Gasteiger partial charge < -0.3 is 9.47 Å². The Kier molecular flexibility index (Phi) is 4.25. The highest BCUT2D eigenvalue weighted by Crippen LogP contribution is 2.40. The van der Waals surface area contributed by atoms with Crippen LogP contribution in [0.5, 0.6) is 0 Å². The van der Waals surface area contributed by atoms with Gasteiger partial charge in [-0.25, -0.2) is 9.59 Å². The molecule has 0 N–H and O–H groups in total. The SMILES string of the molecule is COC(=O)[C@@H]1C[C@@H]2CCCC[C@@H]2N1C(=O)OC(C)(C)C. The fourth-order valence-electron chi connectivity index (χ4n) is 3.38. The summed E-state index contributed by atoms with van der Waals surface area (Å²) < 4.78 is 10.3. The van der Waals surface area contributed by atoms with Crippen LogP contribution >= 0.6 is 0 Å². The minimum absolute atomic E-state index is 0.127. The van der Waals surface area contributed by atoms with Gasteiger partial charge in [0.15, 0.2) is 0 Å². The highest BCUT2D eigenvalue weighted by molar-refractivity contribution is 5.82. The number of esters is 1. The Morgan fingerprint density at radius 1 is 1.15 bits per heavy atom. The minimum atomic E-state index is -0.551. The third kappa shape index (κ3) is 3.07. The van der Waals surface area contributed by atoms with Crippen LogP contribution < -0.4 is 0 Å². The van der Waals surface area contributed by atoms with Crippen LogP contribution in [0, 0.1) is 5.92 Å². The second kappa shape index (κ2) is 5.62. The number of carbonyl (C=O) groups excluding carboxylic acids is 2. The zero-order valence-electron chi connectivity index (χ0n) is 12.8. The lowest BCUT2D eigenvalue weighted by molar-refractivity contribution is -0.146. The van der Waals surface area contributed by atoms with Crippen molar-refractivity contribution in [3.63, 3.8) is 0 Å². The van der Waals surface area contributed by atoms with E-state index >= 15 is 0 Å². The lowest BCUT2D eigenvalue weighted by Crippen LogP contribution is -2.48. The summed E-state index contributed by atoms with van der Waals surface area (Å²) in [5.74, 6) is 0.0747. The second-order valence-electron chi connectivity index (χ2n) is 6.77. The van der Waals surface area contributed by atoms with Crippen molar-refractivity contribution in [2.24, 2.45) is 5.92 Å². The molecule has 0 aromatic rings. The van der Waals surface area contributed by atoms with Crippen molar-refractivity contribution < 1.29 is 19.1 Å². The fourth-order valence-corrected chi connectivity index (χ4v) is 3.38. The number of carbonyl (C=O) groups is 2. The van der Waals surface area contributed by atoms with Gasteiger partial charge in [0.1, 0.15) is 11.6 Å². The first-order chi connectivity index (χ1) is 9.33. The molecule has 1 saturated carbocycles. The molecule has 2 rings (SSSR count). The molecule has 0 unspecified atom stereocenters. The molecule has 5 heteroatoms. The van der Waals surface area contributed by atoms with Crippen molar-refractivity contribution in [1.29, 1.82) is 0 Å². The van der Waals surface area contributed by atoms with Crippen molar-refractivity contribution in [1.82, 2.24) is 4.90 Å². The summed E-state index contributed by atoms with van der Waals surface area (Å²) in [6.45, 7) is 5.52. The zero-order valence-corrected chi connectivity index (χ0v) is 12.8. The molecule has 0 aromatic carbocycles. The summed E-state index contributed by atoms with van der Waals surface area (Å²) in [5, 5.41) is 0. The number of methoxy groups -OCH3 is 1. The average molecular weight is 283 g/mol. The van der Waals surface area contributed by atoms with E-state index in [0.717, 1.165) is 19.3 Å². The van der Waals surface area contributed by atoms with Gasteiger partial charge in [-0.05, 0) is 46.0 Å². The topological polar surface area (TPSA) is 55.8 Å². The molecule has 3 atom stereocenters. The number of rotatable bonds is 1. The first-order valence-corrected chi connectivity index (χ1v) is 7.42. The third-order valence-electron chi connectivity index (χ3n) is 4.17. The summed E-state index contributed by atoms with van der Waals surface area (Å²) in [6, 6.07) is -0.356. The number of ether oxygens (including phenoxy) is 2. The quantitative estimate of drug-likeness (QED) is 0.694. The van der Waals surface area contributed by atoms with Crippen LogP contribution in [0.2, 0.25) is 0 Å². The molecule has 5 nitrogen and oxygen atoms in total. The van der Waals surface area contributed by atoms with Crippen molar-refractivity contribution in [2.75, 3.05) is 7.11 Å². The molecule has 2 aliphatic rings. The molecule has 114 valence electrons. The summed E-state index contributed by atoms with van der Waals surface area (Å²) in [7, 11) is 1.37. The first-order valence-electron chi connectivity index (χ1n) is 7.42. The molecule has 1 aliphatic carbocycles. The number of amides is 1. The Hall–Kier alpha value is -1.26. The van der Waals surface area contributed by atoms with E-state index in [1.165, 1.54) is 13.5 Å². The molecule has 1 heterocycles. The molecule has 0 radical (unpaired) electrons. The molecule has 0 spiro atoms. The number of hydrogen-bond donors (Lipinski definition) is 0. The van der Waals surface area contributed by atoms with Gasteiger partial charge in [0.25, 0.3) is 0 Å². The Balaban J connectivity index is 2.19. The van der Waals surface area contributed by atoms with E-state index in [1.807, 2.05) is 20.8 Å². The number of hydrogen-bond acceptors (Lipinski definition) is 4. The minimum Gasteiger partial charge on any atom is -0.467 e. The van der Waals surface area contributed by atoms with Gasteiger partial charge in [-0.2, -0.15) is 0 Å². The van der Waals surface area contributed by atoms with E-state index in [1.54, 1.807) is 4.90 Å². The second-order valence-corrected chi connectivity index (χ2v) is 6.77. The molecule has 1 saturated heterocycles. The summed E-state index contributed by atoms with van der Waals surface area (Å²) in [5.41, 5.74) is -0.551. The van der Waals surface area contributed by atoms with E-state index in [9.17, 15) is 9.59 Å². The first kappa shape index (κ1) is 15.1. The van der Waals surface area contributed by atoms with Crippen LogP contribution in [0.3, 0.4) is 0 Å². The summed E-state index contributed by atoms with van der Waals surface area (Å²) in [6.07, 6.45) is 4.64. The highest BCUT2D eigenvalue weighted by atomic mass is 16.6. The van der Waals surface area contributed by atoms with E-state index in [-0.39, 0.29) is 18.1 Å². The lowest BCUT2D eigenvalue weighted by Gasteiger charge is -2.34. The maximum Gasteiger partial charge on any atom is 0.411 e. The van der Waals surface area contributed by atoms with Crippen LogP contribution in [0.1, 0.15) is 52.9 Å². The molecule has 20 heavy (non-hydrogen) atoms. The van der Waals surface area contributed by atoms with E-state index < -0.39 is 11.6 Å². The van der Waals surface area contributed by atoms with E-state index in [4.69, 9.17) is 9.47 Å². The number of fused-ring (bicyclic) bond motifs is 1. The largest absolute Gasteiger partial charge is 0.467 e. The van der Waals surface area contributed by atoms with Gasteiger partial charge in [0.05, 0.1) is 7.11 Å². The molecule has 2 fully saturated rings. The monoisotopic (exact) mass is 283 g/mol. The molecular formula is C15H25NO4. The van der Waals surface area contributed by atoms with Crippen LogP contribution in [-0.4, -0.2) is 41.8 Å². The number of nitrogens with zero attached hydrogens (tertiary/aromatic N) is 1. The predicted octanol–water partition coefficient (Wildman–Crippen LogP) is 2.73. The number of likely N-dealkylation sites (tertiary alicyclic amines) is 1. The Morgan fingerprint density at radius 2 is 1.80 bits per heavy atom. The Bertz CT molecular complexity index is 388. The average Bonchev–Trinajstić information content (AvgIpc) is 2.75. The normalized spacial score (nSPS) is 29.8. The molecule has 0 bridgehead atoms. The van der Waals surface area contributed by atoms with E-state index in [0.29, 0.717) is 12.3 Å². The summed E-state index contributed by atoms with van der Waals surface area (Å²) in [4.78, 5) is 26.0. The summed E-state index contributed by atoms with van der Waals surface area (Å²) >= 11 is 0. The van der Waals surface area contributed by atoms with Crippen molar-refractivity contribution in [3.8, 4) is 0 Å². The van der Waals surface area contributed by atoms with Crippen molar-refractivity contribution in [3.05, 3.63) is 0 Å².